The summed E-state index contributed by atoms with van der Waals surface area (Å²) in [5.41, 5.74) is 10.6. The van der Waals surface area contributed by atoms with Gasteiger partial charge in [-0.2, -0.15) is 15.0 Å². The Labute approximate surface area is 202 Å². The number of aromatic nitrogens is 5. The average Bonchev–Trinajstić information content (AvgIpc) is 3.47. The molecule has 0 bridgehead atoms. The Morgan fingerprint density at radius 1 is 1.24 bits per heavy atom. The fourth-order valence-corrected chi connectivity index (χ4v) is 3.85. The Bertz CT molecular complexity index is 1390. The van der Waals surface area contributed by atoms with Crippen molar-refractivity contribution in [3.8, 4) is 11.9 Å². The summed E-state index contributed by atoms with van der Waals surface area (Å²) in [5, 5.41) is 29.0. The summed E-state index contributed by atoms with van der Waals surface area (Å²) in [5.74, 6) is -0.136. The number of hydrazone groups is 1. The molecule has 4 aromatic rings. The van der Waals surface area contributed by atoms with Gasteiger partial charge in [0.25, 0.3) is 5.91 Å². The van der Waals surface area contributed by atoms with Crippen LogP contribution in [-0.2, 0) is 5.75 Å². The number of hydrogen-bond donors (Lipinski definition) is 2. The predicted molar refractivity (Wildman–Crippen MR) is 125 cm³/mol. The highest BCUT2D eigenvalue weighted by molar-refractivity contribution is 7.98. The summed E-state index contributed by atoms with van der Waals surface area (Å²) < 4.78 is 5.97. The molecule has 0 saturated heterocycles. The highest BCUT2D eigenvalue weighted by Crippen LogP contribution is 2.27. The molecule has 0 aliphatic heterocycles. The second kappa shape index (κ2) is 10.2. The maximum atomic E-state index is 12.9. The van der Waals surface area contributed by atoms with Gasteiger partial charge >= 0.3 is 0 Å². The SMILES string of the molecule is C/C(=N/NC(=O)c1nnn(-c2nonc2N)c1CSc1ccc(Cl)cc1)c1ccc(C#N)cc1. The maximum absolute atomic E-state index is 12.9. The van der Waals surface area contributed by atoms with E-state index in [1.165, 1.54) is 16.4 Å². The molecular weight excluding hydrogens is 478 g/mol. The number of nitrogen functional groups attached to an aromatic ring is 1. The van der Waals surface area contributed by atoms with Gasteiger partial charge in [0, 0.05) is 15.7 Å². The molecule has 2 heterocycles. The normalized spacial score (nSPS) is 11.3. The molecule has 0 radical (unpaired) electrons. The first-order valence-electron chi connectivity index (χ1n) is 9.72. The molecule has 34 heavy (non-hydrogen) atoms. The molecule has 3 N–H and O–H groups in total. The molecule has 1 amide bonds. The van der Waals surface area contributed by atoms with Crippen molar-refractivity contribution < 1.29 is 9.42 Å². The van der Waals surface area contributed by atoms with Crippen LogP contribution in [0.25, 0.3) is 5.82 Å². The number of carbonyl (C=O) groups is 1. The lowest BCUT2D eigenvalue weighted by Crippen LogP contribution is -2.21. The van der Waals surface area contributed by atoms with Crippen molar-refractivity contribution in [3.05, 3.63) is 76.1 Å². The molecule has 0 aliphatic carbocycles. The van der Waals surface area contributed by atoms with E-state index in [1.807, 2.05) is 12.1 Å². The van der Waals surface area contributed by atoms with Crippen LogP contribution in [0.4, 0.5) is 5.82 Å². The van der Waals surface area contributed by atoms with Gasteiger partial charge in [0.2, 0.25) is 11.6 Å². The monoisotopic (exact) mass is 493 g/mol. The molecule has 0 unspecified atom stereocenters. The highest BCUT2D eigenvalue weighted by atomic mass is 35.5. The number of halogens is 1. The van der Waals surface area contributed by atoms with Crippen molar-refractivity contribution in [2.75, 3.05) is 5.73 Å². The van der Waals surface area contributed by atoms with Gasteiger partial charge in [-0.3, -0.25) is 4.79 Å². The molecule has 170 valence electrons. The quantitative estimate of drug-likeness (QED) is 0.223. The second-order valence-electron chi connectivity index (χ2n) is 6.84. The topological polar surface area (TPSA) is 161 Å². The summed E-state index contributed by atoms with van der Waals surface area (Å²) in [4.78, 5) is 13.9. The van der Waals surface area contributed by atoms with E-state index in [0.29, 0.717) is 27.7 Å². The minimum atomic E-state index is -0.569. The van der Waals surface area contributed by atoms with E-state index >= 15 is 0 Å². The number of anilines is 1. The third-order valence-electron chi connectivity index (χ3n) is 4.62. The highest BCUT2D eigenvalue weighted by Gasteiger charge is 2.24. The van der Waals surface area contributed by atoms with Crippen molar-refractivity contribution in [2.45, 2.75) is 17.6 Å². The number of nitriles is 1. The summed E-state index contributed by atoms with van der Waals surface area (Å²) in [7, 11) is 0. The van der Waals surface area contributed by atoms with Gasteiger partial charge in [-0.25, -0.2) is 10.1 Å². The van der Waals surface area contributed by atoms with E-state index in [2.05, 4.69) is 41.9 Å². The number of benzene rings is 2. The number of nitrogens with two attached hydrogens (primary N) is 1. The van der Waals surface area contributed by atoms with Crippen molar-refractivity contribution >= 4 is 40.8 Å². The standard InChI is InChI=1S/C21H16ClN9O2S/c1-12(14-4-2-13(10-23)3-5-14)25-27-21(32)18-17(11-34-16-8-6-15(22)7-9-16)31(30-26-18)20-19(24)28-33-29-20/h2-9H,11H2,1H3,(H2,24,28)(H,27,32)/b25-12-. The zero-order valence-electron chi connectivity index (χ0n) is 17.6. The maximum Gasteiger partial charge on any atom is 0.293 e. The smallest absolute Gasteiger partial charge is 0.293 e. The number of thioether (sulfide) groups is 1. The van der Waals surface area contributed by atoms with E-state index in [0.717, 1.165) is 10.5 Å². The molecule has 0 atom stereocenters. The molecular formula is C21H16ClN9O2S. The van der Waals surface area contributed by atoms with Gasteiger partial charge in [-0.1, -0.05) is 28.9 Å². The molecule has 0 aliphatic rings. The van der Waals surface area contributed by atoms with Crippen molar-refractivity contribution in [1.29, 1.82) is 5.26 Å². The van der Waals surface area contributed by atoms with Crippen LogP contribution in [0.2, 0.25) is 5.02 Å². The van der Waals surface area contributed by atoms with Crippen LogP contribution in [0.15, 0.2) is 63.2 Å². The van der Waals surface area contributed by atoms with Gasteiger partial charge in [0.05, 0.1) is 23.0 Å². The van der Waals surface area contributed by atoms with Crippen LogP contribution in [0.3, 0.4) is 0 Å². The van der Waals surface area contributed by atoms with E-state index < -0.39 is 5.91 Å². The third-order valence-corrected chi connectivity index (χ3v) is 5.90. The fourth-order valence-electron chi connectivity index (χ4n) is 2.84. The second-order valence-corrected chi connectivity index (χ2v) is 8.32. The van der Waals surface area contributed by atoms with Gasteiger partial charge in [0.1, 0.15) is 0 Å². The van der Waals surface area contributed by atoms with E-state index in [-0.39, 0.29) is 17.3 Å². The molecule has 11 nitrogen and oxygen atoms in total. The lowest BCUT2D eigenvalue weighted by atomic mass is 10.1. The largest absolute Gasteiger partial charge is 0.378 e. The van der Waals surface area contributed by atoms with E-state index in [1.54, 1.807) is 43.3 Å². The van der Waals surface area contributed by atoms with Crippen LogP contribution in [0.5, 0.6) is 0 Å². The molecule has 0 saturated carbocycles. The minimum absolute atomic E-state index is 0.00397. The first-order valence-corrected chi connectivity index (χ1v) is 11.1. The number of nitrogens with one attached hydrogen (secondary N) is 1. The van der Waals surface area contributed by atoms with E-state index in [4.69, 9.17) is 22.6 Å². The van der Waals surface area contributed by atoms with Crippen molar-refractivity contribution in [3.63, 3.8) is 0 Å². The lowest BCUT2D eigenvalue weighted by molar-refractivity contribution is 0.0949. The Morgan fingerprint density at radius 3 is 2.62 bits per heavy atom. The Hall–Kier alpha value is -4.21. The molecule has 2 aromatic heterocycles. The van der Waals surface area contributed by atoms with Gasteiger partial charge < -0.3 is 5.73 Å². The summed E-state index contributed by atoms with van der Waals surface area (Å²) in [6.07, 6.45) is 0. The number of hydrogen-bond acceptors (Lipinski definition) is 10. The minimum Gasteiger partial charge on any atom is -0.378 e. The van der Waals surface area contributed by atoms with Crippen LogP contribution < -0.4 is 11.2 Å². The molecule has 2 aromatic carbocycles. The predicted octanol–water partition coefficient (Wildman–Crippen LogP) is 3.20. The van der Waals surface area contributed by atoms with Crippen LogP contribution in [0.1, 0.15) is 34.2 Å². The van der Waals surface area contributed by atoms with Crippen LogP contribution >= 0.6 is 23.4 Å². The summed E-state index contributed by atoms with van der Waals surface area (Å²) in [6, 6.07) is 16.1. The Morgan fingerprint density at radius 2 is 1.97 bits per heavy atom. The lowest BCUT2D eigenvalue weighted by Gasteiger charge is -2.06. The number of nitrogens with zero attached hydrogens (tertiary/aromatic N) is 7. The summed E-state index contributed by atoms with van der Waals surface area (Å²) in [6.45, 7) is 1.73. The van der Waals surface area contributed by atoms with Crippen LogP contribution in [0, 0.1) is 11.3 Å². The van der Waals surface area contributed by atoms with Crippen LogP contribution in [-0.4, -0.2) is 36.9 Å². The average molecular weight is 494 g/mol. The summed E-state index contributed by atoms with van der Waals surface area (Å²) >= 11 is 7.39. The molecule has 0 spiro atoms. The zero-order valence-corrected chi connectivity index (χ0v) is 19.2. The third kappa shape index (κ3) is 5.06. The zero-order chi connectivity index (χ0) is 24.1. The Kier molecular flexibility index (Phi) is 6.86. The fraction of sp³-hybridized carbons (Fsp3) is 0.0952. The first kappa shape index (κ1) is 23.0. The first-order chi connectivity index (χ1) is 16.5. The molecule has 13 heteroatoms. The van der Waals surface area contributed by atoms with E-state index in [9.17, 15) is 4.79 Å². The van der Waals surface area contributed by atoms with Crippen molar-refractivity contribution in [2.24, 2.45) is 5.10 Å². The van der Waals surface area contributed by atoms with Gasteiger partial charge in [-0.05, 0) is 59.2 Å². The number of rotatable bonds is 7. The number of amides is 1. The number of carbonyl (C=O) groups excluding carboxylic acids is 1. The Balaban J connectivity index is 1.59. The molecule has 0 fully saturated rings. The van der Waals surface area contributed by atoms with Gasteiger partial charge in [0.15, 0.2) is 5.69 Å². The van der Waals surface area contributed by atoms with Gasteiger partial charge in [-0.15, -0.1) is 16.9 Å². The van der Waals surface area contributed by atoms with Crippen molar-refractivity contribution in [1.82, 2.24) is 30.7 Å². The molecule has 4 rings (SSSR count).